The fraction of sp³-hybridized carbons (Fsp3) is 0. The Balaban J connectivity index is 1.21. The van der Waals surface area contributed by atoms with Crippen LogP contribution in [0, 0.1) is 0 Å². The molecule has 0 aliphatic carbocycles. The van der Waals surface area contributed by atoms with Crippen molar-refractivity contribution in [3.8, 4) is 39.9 Å². The van der Waals surface area contributed by atoms with Gasteiger partial charge >= 0.3 is 0 Å². The number of hydrogen-bond donors (Lipinski definition) is 0. The van der Waals surface area contributed by atoms with Gasteiger partial charge in [-0.1, -0.05) is 152 Å². The van der Waals surface area contributed by atoms with Crippen LogP contribution >= 0.6 is 0 Å². The predicted octanol–water partition coefficient (Wildman–Crippen LogP) is 12.6. The Bertz CT molecular complexity index is 3150. The van der Waals surface area contributed by atoms with Gasteiger partial charge in [0.1, 0.15) is 0 Å². The molecular formula is C49H30N4. The molecule has 0 fully saturated rings. The van der Waals surface area contributed by atoms with Crippen molar-refractivity contribution < 1.29 is 0 Å². The molecule has 0 radical (unpaired) electrons. The molecule has 0 saturated carbocycles. The van der Waals surface area contributed by atoms with E-state index in [1.165, 1.54) is 37.8 Å². The van der Waals surface area contributed by atoms with Crippen LogP contribution in [0.15, 0.2) is 182 Å². The van der Waals surface area contributed by atoms with Crippen molar-refractivity contribution in [2.45, 2.75) is 0 Å². The van der Waals surface area contributed by atoms with E-state index < -0.39 is 0 Å². The van der Waals surface area contributed by atoms with E-state index in [9.17, 15) is 0 Å². The number of rotatable bonds is 4. The summed E-state index contributed by atoms with van der Waals surface area (Å²) in [6.45, 7) is 0. The van der Waals surface area contributed by atoms with Crippen molar-refractivity contribution in [2.75, 3.05) is 0 Å². The summed E-state index contributed by atoms with van der Waals surface area (Å²) in [5, 5.41) is 11.8. The van der Waals surface area contributed by atoms with Crippen molar-refractivity contribution in [1.29, 1.82) is 0 Å². The second-order valence-corrected chi connectivity index (χ2v) is 13.7. The van der Waals surface area contributed by atoms with Crippen LogP contribution in [-0.4, -0.2) is 19.5 Å². The summed E-state index contributed by atoms with van der Waals surface area (Å²) in [6, 6.07) is 64.6. The molecule has 0 N–H and O–H groups in total. The summed E-state index contributed by atoms with van der Waals surface area (Å²) in [7, 11) is 0. The van der Waals surface area contributed by atoms with Crippen LogP contribution in [0.5, 0.6) is 0 Å². The molecule has 0 atom stereocenters. The number of aromatic nitrogens is 4. The van der Waals surface area contributed by atoms with Gasteiger partial charge in [-0.2, -0.15) is 0 Å². The Kier molecular flexibility index (Phi) is 6.52. The molecule has 2 heterocycles. The normalized spacial score (nSPS) is 11.8. The molecule has 0 aliphatic heterocycles. The first-order valence-corrected chi connectivity index (χ1v) is 17.9. The first kappa shape index (κ1) is 29.5. The molecule has 0 spiro atoms. The summed E-state index contributed by atoms with van der Waals surface area (Å²) in [5.74, 6) is 1.91. The average Bonchev–Trinajstić information content (AvgIpc) is 3.57. The molecule has 4 nitrogen and oxygen atoms in total. The smallest absolute Gasteiger partial charge is 0.164 e. The SMILES string of the molecule is c1ccc2cc(-c3nc(-c4ccc5ccccc5c4)nc(-c4cc(-n5c6ccccc6c6ccc7ccccc7c65)c5ccccc5c4)n3)ccc2c1. The van der Waals surface area contributed by atoms with Crippen LogP contribution in [0.25, 0.3) is 105 Å². The summed E-state index contributed by atoms with van der Waals surface area (Å²) in [4.78, 5) is 15.6. The monoisotopic (exact) mass is 674 g/mol. The molecular weight excluding hydrogens is 645 g/mol. The Hall–Kier alpha value is -7.17. The van der Waals surface area contributed by atoms with Gasteiger partial charge in [0.2, 0.25) is 0 Å². The standard InChI is InChI=1S/C49H30N4/c1-3-14-34-27-37(23-21-31(34)11-1)47-50-48(38-24-22-32-12-2-4-15-35(32)28-38)52-49(51-47)39-29-36-16-6-7-17-40(36)45(30-39)53-44-20-10-9-19-42(44)43-26-25-33-13-5-8-18-41(33)46(43)53/h1-30H. The van der Waals surface area contributed by atoms with E-state index in [4.69, 9.17) is 15.0 Å². The summed E-state index contributed by atoms with van der Waals surface area (Å²) in [6.07, 6.45) is 0. The van der Waals surface area contributed by atoms with E-state index >= 15 is 0 Å². The number of para-hydroxylation sites is 1. The number of hydrogen-bond acceptors (Lipinski definition) is 3. The molecule has 246 valence electrons. The minimum atomic E-state index is 0.629. The summed E-state index contributed by atoms with van der Waals surface area (Å²) in [5.41, 5.74) is 6.26. The largest absolute Gasteiger partial charge is 0.308 e. The average molecular weight is 675 g/mol. The van der Waals surface area contributed by atoms with Gasteiger partial charge in [0.05, 0.1) is 16.7 Å². The molecule has 9 aromatic carbocycles. The van der Waals surface area contributed by atoms with Crippen LogP contribution in [-0.2, 0) is 0 Å². The lowest BCUT2D eigenvalue weighted by molar-refractivity contribution is 1.07. The van der Waals surface area contributed by atoms with E-state index in [0.29, 0.717) is 17.5 Å². The van der Waals surface area contributed by atoms with Gasteiger partial charge in [0, 0.05) is 38.2 Å². The molecule has 2 aromatic heterocycles. The lowest BCUT2D eigenvalue weighted by atomic mass is 10.0. The summed E-state index contributed by atoms with van der Waals surface area (Å²) < 4.78 is 2.44. The maximum atomic E-state index is 5.24. The summed E-state index contributed by atoms with van der Waals surface area (Å²) >= 11 is 0. The van der Waals surface area contributed by atoms with Crippen LogP contribution < -0.4 is 0 Å². The van der Waals surface area contributed by atoms with E-state index in [-0.39, 0.29) is 0 Å². The fourth-order valence-corrected chi connectivity index (χ4v) is 8.00. The zero-order valence-corrected chi connectivity index (χ0v) is 28.6. The highest BCUT2D eigenvalue weighted by atomic mass is 15.0. The highest BCUT2D eigenvalue weighted by Gasteiger charge is 2.19. The lowest BCUT2D eigenvalue weighted by Crippen LogP contribution is -2.02. The first-order valence-electron chi connectivity index (χ1n) is 17.9. The molecule has 0 amide bonds. The van der Waals surface area contributed by atoms with Gasteiger partial charge in [0.25, 0.3) is 0 Å². The predicted molar refractivity (Wildman–Crippen MR) is 220 cm³/mol. The zero-order chi connectivity index (χ0) is 34.9. The highest BCUT2D eigenvalue weighted by Crippen LogP contribution is 2.40. The van der Waals surface area contributed by atoms with E-state index in [1.807, 2.05) is 0 Å². The molecule has 0 aliphatic rings. The van der Waals surface area contributed by atoms with Crippen LogP contribution in [0.2, 0.25) is 0 Å². The van der Waals surface area contributed by atoms with Gasteiger partial charge < -0.3 is 4.57 Å². The van der Waals surface area contributed by atoms with Crippen LogP contribution in [0.4, 0.5) is 0 Å². The zero-order valence-electron chi connectivity index (χ0n) is 28.6. The number of fused-ring (bicyclic) bond motifs is 8. The number of nitrogens with zero attached hydrogens (tertiary/aromatic N) is 4. The third-order valence-corrected chi connectivity index (χ3v) is 10.5. The highest BCUT2D eigenvalue weighted by molar-refractivity contribution is 6.19. The topological polar surface area (TPSA) is 43.6 Å². The van der Waals surface area contributed by atoms with Gasteiger partial charge in [0.15, 0.2) is 17.5 Å². The van der Waals surface area contributed by atoms with Gasteiger partial charge in [-0.05, 0) is 62.6 Å². The Morgan fingerprint density at radius 2 is 0.774 bits per heavy atom. The number of benzene rings is 9. The third-order valence-electron chi connectivity index (χ3n) is 10.5. The molecule has 11 rings (SSSR count). The van der Waals surface area contributed by atoms with Crippen molar-refractivity contribution in [3.05, 3.63) is 182 Å². The Labute approximate surface area is 305 Å². The maximum Gasteiger partial charge on any atom is 0.164 e. The van der Waals surface area contributed by atoms with Crippen molar-refractivity contribution in [1.82, 2.24) is 19.5 Å². The molecule has 11 aromatic rings. The second kappa shape index (κ2) is 11.7. The van der Waals surface area contributed by atoms with E-state index in [0.717, 1.165) is 49.4 Å². The van der Waals surface area contributed by atoms with Crippen molar-refractivity contribution >= 4 is 64.9 Å². The Morgan fingerprint density at radius 3 is 1.43 bits per heavy atom. The minimum absolute atomic E-state index is 0.629. The van der Waals surface area contributed by atoms with E-state index in [1.54, 1.807) is 0 Å². The van der Waals surface area contributed by atoms with Crippen molar-refractivity contribution in [3.63, 3.8) is 0 Å². The van der Waals surface area contributed by atoms with Crippen molar-refractivity contribution in [2.24, 2.45) is 0 Å². The minimum Gasteiger partial charge on any atom is -0.308 e. The second-order valence-electron chi connectivity index (χ2n) is 13.7. The molecule has 53 heavy (non-hydrogen) atoms. The Morgan fingerprint density at radius 1 is 0.302 bits per heavy atom. The molecule has 4 heteroatoms. The molecule has 0 saturated heterocycles. The first-order chi connectivity index (χ1) is 26.2. The van der Waals surface area contributed by atoms with Gasteiger partial charge in [-0.3, -0.25) is 0 Å². The van der Waals surface area contributed by atoms with Gasteiger partial charge in [-0.25, -0.2) is 15.0 Å². The van der Waals surface area contributed by atoms with Crippen LogP contribution in [0.3, 0.4) is 0 Å². The lowest BCUT2D eigenvalue weighted by Gasteiger charge is -2.16. The quantitative estimate of drug-likeness (QED) is 0.187. The third kappa shape index (κ3) is 4.80. The molecule has 0 bridgehead atoms. The fourth-order valence-electron chi connectivity index (χ4n) is 8.00. The maximum absolute atomic E-state index is 5.24. The van der Waals surface area contributed by atoms with Crippen LogP contribution in [0.1, 0.15) is 0 Å². The molecule has 0 unspecified atom stereocenters. The van der Waals surface area contributed by atoms with Gasteiger partial charge in [-0.15, -0.1) is 0 Å². The van der Waals surface area contributed by atoms with E-state index in [2.05, 4.69) is 187 Å².